The van der Waals surface area contributed by atoms with Gasteiger partial charge in [-0.05, 0) is 29.7 Å². The summed E-state index contributed by atoms with van der Waals surface area (Å²) in [5, 5.41) is 0. The monoisotopic (exact) mass is 398 g/mol. The van der Waals surface area contributed by atoms with E-state index in [1.54, 1.807) is 42.5 Å². The fourth-order valence-corrected chi connectivity index (χ4v) is 4.31. The maximum atomic E-state index is 12.9. The summed E-state index contributed by atoms with van der Waals surface area (Å²) in [7, 11) is -3.97. The molecule has 2 aromatic carbocycles. The zero-order valence-corrected chi connectivity index (χ0v) is 14.9. The number of hydrogen-bond donors (Lipinski definition) is 1. The standard InChI is InChI=1S/C18H17F3N2O3S/c19-18(20,21)17(24)23-11-10-13-6-4-5-9-15(13)16(12-23)22-27(25,26)14-7-2-1-3-8-14/h1-9,16,22H,10-12H2. The van der Waals surface area contributed by atoms with E-state index in [0.717, 1.165) is 0 Å². The minimum Gasteiger partial charge on any atom is -0.333 e. The normalized spacial score (nSPS) is 17.9. The predicted molar refractivity (Wildman–Crippen MR) is 92.3 cm³/mol. The number of rotatable bonds is 3. The lowest BCUT2D eigenvalue weighted by atomic mass is 10.0. The van der Waals surface area contributed by atoms with E-state index in [2.05, 4.69) is 4.72 Å². The average molecular weight is 398 g/mol. The van der Waals surface area contributed by atoms with Crippen molar-refractivity contribution in [2.24, 2.45) is 0 Å². The Kier molecular flexibility index (Phi) is 5.25. The van der Waals surface area contributed by atoms with E-state index in [1.807, 2.05) is 0 Å². The Morgan fingerprint density at radius 3 is 2.33 bits per heavy atom. The molecule has 3 rings (SSSR count). The van der Waals surface area contributed by atoms with Gasteiger partial charge in [-0.3, -0.25) is 4.79 Å². The smallest absolute Gasteiger partial charge is 0.333 e. The van der Waals surface area contributed by atoms with Crippen LogP contribution in [-0.4, -0.2) is 38.5 Å². The van der Waals surface area contributed by atoms with Gasteiger partial charge in [0.25, 0.3) is 0 Å². The van der Waals surface area contributed by atoms with Crippen LogP contribution in [0.3, 0.4) is 0 Å². The van der Waals surface area contributed by atoms with E-state index in [0.29, 0.717) is 16.0 Å². The van der Waals surface area contributed by atoms with Crippen molar-refractivity contribution in [3.63, 3.8) is 0 Å². The first kappa shape index (κ1) is 19.4. The maximum Gasteiger partial charge on any atom is 0.471 e. The van der Waals surface area contributed by atoms with Crippen LogP contribution in [0.1, 0.15) is 17.2 Å². The van der Waals surface area contributed by atoms with E-state index in [-0.39, 0.29) is 17.9 Å². The van der Waals surface area contributed by atoms with Gasteiger partial charge in [0.05, 0.1) is 10.9 Å². The van der Waals surface area contributed by atoms with Gasteiger partial charge in [0, 0.05) is 13.1 Å². The van der Waals surface area contributed by atoms with Crippen LogP contribution >= 0.6 is 0 Å². The molecule has 0 spiro atoms. The molecule has 0 fully saturated rings. The van der Waals surface area contributed by atoms with Crippen LogP contribution in [0.25, 0.3) is 0 Å². The third kappa shape index (κ3) is 4.30. The molecule has 2 aromatic rings. The zero-order valence-electron chi connectivity index (χ0n) is 14.1. The molecule has 5 nitrogen and oxygen atoms in total. The maximum absolute atomic E-state index is 12.9. The van der Waals surface area contributed by atoms with Crippen LogP contribution < -0.4 is 4.72 Å². The molecule has 1 aliphatic rings. The molecular weight excluding hydrogens is 381 g/mol. The Morgan fingerprint density at radius 2 is 1.67 bits per heavy atom. The van der Waals surface area contributed by atoms with Crippen LogP contribution in [0.4, 0.5) is 13.2 Å². The number of sulfonamides is 1. The Hall–Kier alpha value is -2.39. The first-order valence-electron chi connectivity index (χ1n) is 8.20. The lowest BCUT2D eigenvalue weighted by Crippen LogP contribution is -2.45. The van der Waals surface area contributed by atoms with Crippen molar-refractivity contribution < 1.29 is 26.4 Å². The number of fused-ring (bicyclic) bond motifs is 1. The summed E-state index contributed by atoms with van der Waals surface area (Å²) in [6.45, 7) is -0.541. The SMILES string of the molecule is O=C(N1CCc2ccccc2C(NS(=O)(=O)c2ccccc2)C1)C(F)(F)F. The van der Waals surface area contributed by atoms with Gasteiger partial charge in [-0.1, -0.05) is 42.5 Å². The highest BCUT2D eigenvalue weighted by atomic mass is 32.2. The molecular formula is C18H17F3N2O3S. The summed E-state index contributed by atoms with van der Waals surface area (Å²) < 4.78 is 66.5. The Morgan fingerprint density at radius 1 is 1.04 bits per heavy atom. The number of nitrogens with zero attached hydrogens (tertiary/aromatic N) is 1. The highest BCUT2D eigenvalue weighted by Crippen LogP contribution is 2.28. The van der Waals surface area contributed by atoms with Crippen molar-refractivity contribution in [3.8, 4) is 0 Å². The Bertz CT molecular complexity index is 930. The van der Waals surface area contributed by atoms with E-state index in [4.69, 9.17) is 0 Å². The van der Waals surface area contributed by atoms with Gasteiger partial charge in [-0.15, -0.1) is 0 Å². The molecule has 0 aliphatic carbocycles. The highest BCUT2D eigenvalue weighted by molar-refractivity contribution is 7.89. The van der Waals surface area contributed by atoms with Gasteiger partial charge < -0.3 is 4.90 Å². The number of halogens is 3. The van der Waals surface area contributed by atoms with Crippen LogP contribution in [0.2, 0.25) is 0 Å². The van der Waals surface area contributed by atoms with Gasteiger partial charge in [-0.25, -0.2) is 13.1 Å². The molecule has 1 atom stereocenters. The van der Waals surface area contributed by atoms with E-state index < -0.39 is 34.7 Å². The Balaban J connectivity index is 1.96. The van der Waals surface area contributed by atoms with E-state index >= 15 is 0 Å². The van der Waals surface area contributed by atoms with Gasteiger partial charge in [0.1, 0.15) is 0 Å². The summed E-state index contributed by atoms with van der Waals surface area (Å²) in [6, 6.07) is 13.4. The van der Waals surface area contributed by atoms with Crippen molar-refractivity contribution in [2.75, 3.05) is 13.1 Å². The van der Waals surface area contributed by atoms with E-state index in [9.17, 15) is 26.4 Å². The molecule has 1 amide bonds. The van der Waals surface area contributed by atoms with Gasteiger partial charge in [0.15, 0.2) is 0 Å². The highest BCUT2D eigenvalue weighted by Gasteiger charge is 2.44. The average Bonchev–Trinajstić information content (AvgIpc) is 2.81. The van der Waals surface area contributed by atoms with Gasteiger partial charge in [0.2, 0.25) is 10.0 Å². The third-order valence-corrected chi connectivity index (χ3v) is 5.85. The van der Waals surface area contributed by atoms with Crippen molar-refractivity contribution in [3.05, 3.63) is 65.7 Å². The van der Waals surface area contributed by atoms with Crippen molar-refractivity contribution in [2.45, 2.75) is 23.5 Å². The van der Waals surface area contributed by atoms with Crippen LogP contribution in [0.5, 0.6) is 0 Å². The minimum absolute atomic E-state index is 0.000394. The molecule has 0 aromatic heterocycles. The van der Waals surface area contributed by atoms with Crippen LogP contribution in [0.15, 0.2) is 59.5 Å². The number of hydrogen-bond acceptors (Lipinski definition) is 3. The molecule has 27 heavy (non-hydrogen) atoms. The van der Waals surface area contributed by atoms with Crippen molar-refractivity contribution in [1.29, 1.82) is 0 Å². The quantitative estimate of drug-likeness (QED) is 0.865. The van der Waals surface area contributed by atoms with Gasteiger partial charge >= 0.3 is 12.1 Å². The summed E-state index contributed by atoms with van der Waals surface area (Å²) in [5.74, 6) is -1.97. The molecule has 1 unspecified atom stereocenters. The lowest BCUT2D eigenvalue weighted by Gasteiger charge is -2.26. The first-order chi connectivity index (χ1) is 12.7. The summed E-state index contributed by atoms with van der Waals surface area (Å²) in [4.78, 5) is 12.4. The molecule has 0 saturated carbocycles. The Labute approximate surface area is 154 Å². The van der Waals surface area contributed by atoms with E-state index in [1.165, 1.54) is 12.1 Å². The van der Waals surface area contributed by atoms with Crippen LogP contribution in [0, 0.1) is 0 Å². The number of benzene rings is 2. The number of alkyl halides is 3. The topological polar surface area (TPSA) is 66.5 Å². The molecule has 1 aliphatic heterocycles. The first-order valence-corrected chi connectivity index (χ1v) is 9.68. The molecule has 9 heteroatoms. The fourth-order valence-electron chi connectivity index (χ4n) is 3.09. The molecule has 1 heterocycles. The molecule has 0 radical (unpaired) electrons. The summed E-state index contributed by atoms with van der Waals surface area (Å²) in [6.07, 6.45) is -4.80. The molecule has 144 valence electrons. The second-order valence-corrected chi connectivity index (χ2v) is 7.90. The molecule has 0 bridgehead atoms. The lowest BCUT2D eigenvalue weighted by molar-refractivity contribution is -0.185. The summed E-state index contributed by atoms with van der Waals surface area (Å²) >= 11 is 0. The third-order valence-electron chi connectivity index (χ3n) is 4.37. The summed E-state index contributed by atoms with van der Waals surface area (Å²) in [5.41, 5.74) is 1.27. The number of carbonyl (C=O) groups excluding carboxylic acids is 1. The van der Waals surface area contributed by atoms with Gasteiger partial charge in [-0.2, -0.15) is 13.2 Å². The number of carbonyl (C=O) groups is 1. The number of amides is 1. The fraction of sp³-hybridized carbons (Fsp3) is 0.278. The second kappa shape index (κ2) is 7.32. The minimum atomic E-state index is -5.01. The molecule has 0 saturated heterocycles. The van der Waals surface area contributed by atoms with Crippen molar-refractivity contribution in [1.82, 2.24) is 9.62 Å². The van der Waals surface area contributed by atoms with Crippen LogP contribution in [-0.2, 0) is 21.2 Å². The van der Waals surface area contributed by atoms with Crippen molar-refractivity contribution >= 4 is 15.9 Å². The number of nitrogens with one attached hydrogen (secondary N) is 1. The second-order valence-electron chi connectivity index (χ2n) is 6.18. The zero-order chi connectivity index (χ0) is 19.7. The largest absolute Gasteiger partial charge is 0.471 e. The molecule has 1 N–H and O–H groups in total. The predicted octanol–water partition coefficient (Wildman–Crippen LogP) is 2.65.